The Morgan fingerprint density at radius 3 is 2.33 bits per heavy atom. The summed E-state index contributed by atoms with van der Waals surface area (Å²) in [4.78, 5) is 5.17. The molecule has 3 nitrogen and oxygen atoms in total. The lowest BCUT2D eigenvalue weighted by Crippen LogP contribution is -2.53. The maximum Gasteiger partial charge on any atom is 0.0249 e. The second-order valence-electron chi connectivity index (χ2n) is 6.30. The van der Waals surface area contributed by atoms with Crippen molar-refractivity contribution in [2.45, 2.75) is 63.1 Å². The summed E-state index contributed by atoms with van der Waals surface area (Å²) in [6, 6.07) is 2.27. The monoisotopic (exact) mass is 253 g/mol. The van der Waals surface area contributed by atoms with E-state index in [1.165, 1.54) is 58.0 Å². The molecule has 1 heterocycles. The van der Waals surface area contributed by atoms with E-state index < -0.39 is 0 Å². The first-order valence-electron chi connectivity index (χ1n) is 7.80. The van der Waals surface area contributed by atoms with Crippen molar-refractivity contribution in [1.29, 1.82) is 0 Å². The van der Waals surface area contributed by atoms with E-state index in [-0.39, 0.29) is 0 Å². The molecule has 1 N–H and O–H groups in total. The van der Waals surface area contributed by atoms with Gasteiger partial charge in [-0.1, -0.05) is 19.3 Å². The smallest absolute Gasteiger partial charge is 0.0249 e. The van der Waals surface area contributed by atoms with Crippen molar-refractivity contribution in [3.63, 3.8) is 0 Å². The van der Waals surface area contributed by atoms with Crippen LogP contribution in [-0.2, 0) is 0 Å². The highest BCUT2D eigenvalue weighted by molar-refractivity contribution is 4.89. The Labute approximate surface area is 113 Å². The highest BCUT2D eigenvalue weighted by Gasteiger charge is 2.31. The van der Waals surface area contributed by atoms with Gasteiger partial charge in [0.1, 0.15) is 0 Å². The summed E-state index contributed by atoms with van der Waals surface area (Å²) in [7, 11) is 6.76. The molecule has 0 aromatic rings. The van der Waals surface area contributed by atoms with E-state index in [2.05, 4.69) is 36.3 Å². The van der Waals surface area contributed by atoms with Crippen LogP contribution in [0.2, 0.25) is 0 Å². The number of likely N-dealkylation sites (tertiary alicyclic amines) is 1. The minimum absolute atomic E-state index is 0.706. The first-order valence-corrected chi connectivity index (χ1v) is 7.80. The highest BCUT2D eigenvalue weighted by Crippen LogP contribution is 2.25. The third-order valence-corrected chi connectivity index (χ3v) is 5.14. The molecule has 1 aliphatic heterocycles. The lowest BCUT2D eigenvalue weighted by Gasteiger charge is -2.42. The van der Waals surface area contributed by atoms with Gasteiger partial charge in [-0.2, -0.15) is 0 Å². The molecule has 2 atom stereocenters. The molecule has 0 spiro atoms. The molecule has 2 aliphatic rings. The molecule has 0 bridgehead atoms. The number of hydrogen-bond acceptors (Lipinski definition) is 3. The average molecular weight is 253 g/mol. The van der Waals surface area contributed by atoms with Gasteiger partial charge in [-0.3, -0.25) is 4.90 Å². The van der Waals surface area contributed by atoms with E-state index in [1.54, 1.807) is 0 Å². The Hall–Kier alpha value is -0.120. The fourth-order valence-electron chi connectivity index (χ4n) is 3.79. The Bertz CT molecular complexity index is 236. The second-order valence-corrected chi connectivity index (χ2v) is 6.30. The number of hydrogen-bond donors (Lipinski definition) is 1. The van der Waals surface area contributed by atoms with Crippen LogP contribution in [-0.4, -0.2) is 62.2 Å². The predicted octanol–water partition coefficient (Wildman–Crippen LogP) is 1.93. The summed E-state index contributed by atoms with van der Waals surface area (Å²) in [5, 5.41) is 3.57. The van der Waals surface area contributed by atoms with Gasteiger partial charge in [0.2, 0.25) is 0 Å². The number of rotatable bonds is 3. The van der Waals surface area contributed by atoms with E-state index in [9.17, 15) is 0 Å². The van der Waals surface area contributed by atoms with Gasteiger partial charge in [0.05, 0.1) is 0 Å². The van der Waals surface area contributed by atoms with Crippen molar-refractivity contribution in [3.8, 4) is 0 Å². The molecule has 2 fully saturated rings. The molecule has 0 amide bonds. The van der Waals surface area contributed by atoms with E-state index in [0.29, 0.717) is 6.04 Å². The molecule has 1 aliphatic carbocycles. The van der Waals surface area contributed by atoms with Crippen molar-refractivity contribution in [2.75, 3.05) is 34.2 Å². The molecule has 2 rings (SSSR count). The van der Waals surface area contributed by atoms with Crippen LogP contribution >= 0.6 is 0 Å². The normalized spacial score (nSPS) is 32.7. The van der Waals surface area contributed by atoms with Crippen LogP contribution < -0.4 is 5.32 Å². The first kappa shape index (κ1) is 14.3. The van der Waals surface area contributed by atoms with E-state index in [1.807, 2.05) is 0 Å². The molecule has 3 heteroatoms. The summed E-state index contributed by atoms with van der Waals surface area (Å²) in [6.45, 7) is 2.54. The van der Waals surface area contributed by atoms with Crippen LogP contribution in [0.4, 0.5) is 0 Å². The number of likely N-dealkylation sites (N-methyl/N-ethyl adjacent to an activating group) is 2. The molecule has 0 aromatic carbocycles. The van der Waals surface area contributed by atoms with E-state index >= 15 is 0 Å². The zero-order chi connectivity index (χ0) is 13.0. The summed E-state index contributed by atoms with van der Waals surface area (Å²) >= 11 is 0. The van der Waals surface area contributed by atoms with Crippen LogP contribution in [0.1, 0.15) is 44.9 Å². The topological polar surface area (TPSA) is 18.5 Å². The van der Waals surface area contributed by atoms with Crippen LogP contribution in [0.25, 0.3) is 0 Å². The molecule has 0 radical (unpaired) electrons. The number of nitrogens with one attached hydrogen (secondary N) is 1. The summed E-state index contributed by atoms with van der Waals surface area (Å²) in [5.74, 6) is 0. The number of piperidine rings is 1. The zero-order valence-electron chi connectivity index (χ0n) is 12.5. The Kier molecular flexibility index (Phi) is 5.46. The first-order chi connectivity index (χ1) is 8.72. The van der Waals surface area contributed by atoms with E-state index in [4.69, 9.17) is 0 Å². The van der Waals surface area contributed by atoms with E-state index in [0.717, 1.165) is 12.1 Å². The molecule has 18 heavy (non-hydrogen) atoms. The van der Waals surface area contributed by atoms with Crippen molar-refractivity contribution < 1.29 is 0 Å². The van der Waals surface area contributed by atoms with Gasteiger partial charge in [-0.05, 0) is 59.9 Å². The maximum absolute atomic E-state index is 3.57. The quantitative estimate of drug-likeness (QED) is 0.776. The van der Waals surface area contributed by atoms with Crippen LogP contribution in [0.3, 0.4) is 0 Å². The second kappa shape index (κ2) is 6.88. The zero-order valence-corrected chi connectivity index (χ0v) is 12.5. The summed E-state index contributed by atoms with van der Waals surface area (Å²) in [5.41, 5.74) is 0. The van der Waals surface area contributed by atoms with Gasteiger partial charge in [0.25, 0.3) is 0 Å². The largest absolute Gasteiger partial charge is 0.315 e. The molecule has 106 valence electrons. The van der Waals surface area contributed by atoms with Gasteiger partial charge in [-0.15, -0.1) is 0 Å². The Morgan fingerprint density at radius 1 is 1.00 bits per heavy atom. The van der Waals surface area contributed by atoms with Gasteiger partial charge >= 0.3 is 0 Å². The molecule has 2 unspecified atom stereocenters. The van der Waals surface area contributed by atoms with Crippen LogP contribution in [0.15, 0.2) is 0 Å². The van der Waals surface area contributed by atoms with Crippen LogP contribution in [0.5, 0.6) is 0 Å². The predicted molar refractivity (Wildman–Crippen MR) is 78.0 cm³/mol. The highest BCUT2D eigenvalue weighted by atomic mass is 15.2. The Morgan fingerprint density at radius 2 is 1.67 bits per heavy atom. The SMILES string of the molecule is CNC1CCCCCC1N(C)C1CCN(C)CC1. The maximum atomic E-state index is 3.57. The Balaban J connectivity index is 1.94. The fourth-order valence-corrected chi connectivity index (χ4v) is 3.79. The third kappa shape index (κ3) is 3.46. The van der Waals surface area contributed by atoms with Crippen molar-refractivity contribution in [1.82, 2.24) is 15.1 Å². The van der Waals surface area contributed by atoms with Crippen LogP contribution in [0, 0.1) is 0 Å². The van der Waals surface area contributed by atoms with Gasteiger partial charge in [0, 0.05) is 18.1 Å². The average Bonchev–Trinajstić information content (AvgIpc) is 2.63. The lowest BCUT2D eigenvalue weighted by molar-refractivity contribution is 0.0853. The lowest BCUT2D eigenvalue weighted by atomic mass is 9.96. The molecular weight excluding hydrogens is 222 g/mol. The summed E-state index contributed by atoms with van der Waals surface area (Å²) < 4.78 is 0. The standard InChI is InChI=1S/C15H31N3/c1-16-14-7-5-4-6-8-15(14)18(3)13-9-11-17(2)12-10-13/h13-16H,4-12H2,1-3H3. The minimum atomic E-state index is 0.706. The molecular formula is C15H31N3. The summed E-state index contributed by atoms with van der Waals surface area (Å²) in [6.07, 6.45) is 9.69. The molecule has 1 saturated carbocycles. The minimum Gasteiger partial charge on any atom is -0.315 e. The van der Waals surface area contributed by atoms with Crippen molar-refractivity contribution >= 4 is 0 Å². The van der Waals surface area contributed by atoms with Crippen molar-refractivity contribution in [2.24, 2.45) is 0 Å². The fraction of sp³-hybridized carbons (Fsp3) is 1.00. The molecule has 0 aromatic heterocycles. The van der Waals surface area contributed by atoms with Gasteiger partial charge < -0.3 is 10.2 Å². The number of nitrogens with zero attached hydrogens (tertiary/aromatic N) is 2. The van der Waals surface area contributed by atoms with Gasteiger partial charge in [-0.25, -0.2) is 0 Å². The van der Waals surface area contributed by atoms with Crippen molar-refractivity contribution in [3.05, 3.63) is 0 Å². The molecule has 1 saturated heterocycles. The third-order valence-electron chi connectivity index (χ3n) is 5.14. The van der Waals surface area contributed by atoms with Gasteiger partial charge in [0.15, 0.2) is 0 Å².